The number of hydrogen-bond acceptors (Lipinski definition) is 4. The molecule has 138 valence electrons. The Morgan fingerprint density at radius 1 is 1.00 bits per heavy atom. The highest BCUT2D eigenvalue weighted by molar-refractivity contribution is 6.31. The Morgan fingerprint density at radius 2 is 1.81 bits per heavy atom. The zero-order chi connectivity index (χ0) is 19.2. The minimum atomic E-state index is 0.0577. The molecule has 3 rings (SSSR count). The fraction of sp³-hybridized carbons (Fsp3) is 0.0952. The van der Waals surface area contributed by atoms with Crippen LogP contribution in [0, 0.1) is 0 Å². The van der Waals surface area contributed by atoms with Gasteiger partial charge in [-0.2, -0.15) is 0 Å². The Labute approximate surface area is 167 Å². The van der Waals surface area contributed by atoms with Crippen LogP contribution in [-0.4, -0.2) is 18.4 Å². The molecule has 0 atom stereocenters. The quantitative estimate of drug-likeness (QED) is 0.512. The molecule has 3 aromatic carbocycles. The zero-order valence-corrected chi connectivity index (χ0v) is 16.0. The van der Waals surface area contributed by atoms with Gasteiger partial charge in [0.25, 0.3) is 0 Å². The van der Waals surface area contributed by atoms with Gasteiger partial charge in [-0.1, -0.05) is 41.4 Å². The first-order valence-electron chi connectivity index (χ1n) is 8.13. The van der Waals surface area contributed by atoms with E-state index in [1.165, 1.54) is 6.07 Å². The lowest BCUT2D eigenvalue weighted by Gasteiger charge is -2.12. The summed E-state index contributed by atoms with van der Waals surface area (Å²) in [5.41, 5.74) is 2.07. The van der Waals surface area contributed by atoms with Crippen molar-refractivity contribution in [1.82, 2.24) is 0 Å². The Balaban J connectivity index is 1.77. The number of phenolic OH excluding ortho intramolecular Hbond substituents is 1. The lowest BCUT2D eigenvalue weighted by molar-refractivity contribution is 0.284. The van der Waals surface area contributed by atoms with Gasteiger partial charge in [-0.15, -0.1) is 0 Å². The van der Waals surface area contributed by atoms with Crippen molar-refractivity contribution in [2.24, 2.45) is 4.99 Å². The van der Waals surface area contributed by atoms with E-state index in [1.807, 2.05) is 30.3 Å². The third-order valence-electron chi connectivity index (χ3n) is 3.82. The molecular weight excluding hydrogens is 385 g/mol. The van der Waals surface area contributed by atoms with E-state index in [9.17, 15) is 5.11 Å². The fourth-order valence-electron chi connectivity index (χ4n) is 2.40. The van der Waals surface area contributed by atoms with Crippen LogP contribution in [0.4, 0.5) is 5.69 Å². The van der Waals surface area contributed by atoms with E-state index in [4.69, 9.17) is 32.7 Å². The van der Waals surface area contributed by atoms with Gasteiger partial charge in [-0.05, 0) is 48.0 Å². The molecule has 0 aliphatic rings. The molecule has 0 amide bonds. The van der Waals surface area contributed by atoms with Crippen molar-refractivity contribution >= 4 is 35.1 Å². The van der Waals surface area contributed by atoms with Gasteiger partial charge in [0, 0.05) is 21.8 Å². The topological polar surface area (TPSA) is 51.0 Å². The van der Waals surface area contributed by atoms with Crippen molar-refractivity contribution < 1.29 is 14.6 Å². The number of aromatic hydroxyl groups is 1. The monoisotopic (exact) mass is 401 g/mol. The molecule has 0 fully saturated rings. The second-order valence-corrected chi connectivity index (χ2v) is 6.53. The zero-order valence-electron chi connectivity index (χ0n) is 14.5. The van der Waals surface area contributed by atoms with Crippen molar-refractivity contribution in [2.45, 2.75) is 6.61 Å². The summed E-state index contributed by atoms with van der Waals surface area (Å²) in [6.45, 7) is 0.333. The van der Waals surface area contributed by atoms with Gasteiger partial charge in [0.15, 0.2) is 11.5 Å². The number of benzene rings is 3. The van der Waals surface area contributed by atoms with E-state index in [-0.39, 0.29) is 5.75 Å². The normalized spacial score (nSPS) is 10.9. The van der Waals surface area contributed by atoms with Crippen LogP contribution in [0.25, 0.3) is 0 Å². The lowest BCUT2D eigenvalue weighted by Crippen LogP contribution is -1.99. The molecule has 0 heterocycles. The van der Waals surface area contributed by atoms with Gasteiger partial charge in [-0.25, -0.2) is 0 Å². The van der Waals surface area contributed by atoms with E-state index in [2.05, 4.69) is 4.99 Å². The molecule has 1 N–H and O–H groups in total. The van der Waals surface area contributed by atoms with Crippen LogP contribution >= 0.6 is 23.2 Å². The van der Waals surface area contributed by atoms with Gasteiger partial charge in [-0.3, -0.25) is 4.99 Å². The van der Waals surface area contributed by atoms with Gasteiger partial charge >= 0.3 is 0 Å². The predicted molar refractivity (Wildman–Crippen MR) is 109 cm³/mol. The molecular formula is C21H17Cl2NO3. The van der Waals surface area contributed by atoms with Crippen LogP contribution in [0.15, 0.2) is 65.7 Å². The maximum absolute atomic E-state index is 9.83. The Morgan fingerprint density at radius 3 is 2.59 bits per heavy atom. The highest BCUT2D eigenvalue weighted by atomic mass is 35.5. The van der Waals surface area contributed by atoms with Gasteiger partial charge in [0.2, 0.25) is 0 Å². The van der Waals surface area contributed by atoms with Crippen LogP contribution in [0.5, 0.6) is 17.2 Å². The Bertz CT molecular complexity index is 973. The van der Waals surface area contributed by atoms with Crippen LogP contribution in [0.3, 0.4) is 0 Å². The molecule has 0 saturated carbocycles. The highest BCUT2D eigenvalue weighted by Crippen LogP contribution is 2.31. The van der Waals surface area contributed by atoms with Gasteiger partial charge in [0.05, 0.1) is 7.11 Å². The summed E-state index contributed by atoms with van der Waals surface area (Å²) in [6.07, 6.45) is 1.62. The van der Waals surface area contributed by atoms with E-state index < -0.39 is 0 Å². The van der Waals surface area contributed by atoms with E-state index >= 15 is 0 Å². The summed E-state index contributed by atoms with van der Waals surface area (Å²) < 4.78 is 11.2. The summed E-state index contributed by atoms with van der Waals surface area (Å²) in [4.78, 5) is 4.27. The largest absolute Gasteiger partial charge is 0.506 e. The van der Waals surface area contributed by atoms with E-state index in [0.717, 1.165) is 11.1 Å². The van der Waals surface area contributed by atoms with E-state index in [0.29, 0.717) is 33.8 Å². The molecule has 4 nitrogen and oxygen atoms in total. The number of aliphatic imine (C=N–C) groups is 1. The average molecular weight is 402 g/mol. The Hall–Kier alpha value is -2.69. The standard InChI is InChI=1S/C21H17Cl2NO3/c1-26-21-10-14(12-24-18-11-16(22)7-8-19(18)25)6-9-20(21)27-13-15-4-2-3-5-17(15)23/h2-12,25H,13H2,1H3. The number of halogens is 2. The molecule has 0 aliphatic carbocycles. The smallest absolute Gasteiger partial charge is 0.161 e. The van der Waals surface area contributed by atoms with Gasteiger partial charge < -0.3 is 14.6 Å². The fourth-order valence-corrected chi connectivity index (χ4v) is 2.76. The third kappa shape index (κ3) is 4.94. The van der Waals surface area contributed by atoms with Gasteiger partial charge in [0.1, 0.15) is 18.0 Å². The van der Waals surface area contributed by atoms with Crippen LogP contribution in [0.2, 0.25) is 10.0 Å². The summed E-state index contributed by atoms with van der Waals surface area (Å²) in [7, 11) is 1.57. The van der Waals surface area contributed by atoms with E-state index in [1.54, 1.807) is 37.6 Å². The second kappa shape index (κ2) is 8.80. The first-order chi connectivity index (χ1) is 13.1. The van der Waals surface area contributed by atoms with Crippen molar-refractivity contribution in [2.75, 3.05) is 7.11 Å². The minimum absolute atomic E-state index is 0.0577. The molecule has 0 bridgehead atoms. The molecule has 0 aromatic heterocycles. The number of ether oxygens (including phenoxy) is 2. The highest BCUT2D eigenvalue weighted by Gasteiger charge is 2.07. The molecule has 0 radical (unpaired) electrons. The number of nitrogens with zero attached hydrogens (tertiary/aromatic N) is 1. The summed E-state index contributed by atoms with van der Waals surface area (Å²) in [6, 6.07) is 17.6. The lowest BCUT2D eigenvalue weighted by atomic mass is 10.2. The molecule has 0 spiro atoms. The number of methoxy groups -OCH3 is 1. The number of rotatable bonds is 6. The summed E-state index contributed by atoms with van der Waals surface area (Å²) in [5, 5.41) is 11.0. The molecule has 0 saturated heterocycles. The number of hydrogen-bond donors (Lipinski definition) is 1. The first kappa shape index (κ1) is 19.1. The SMILES string of the molecule is COc1cc(C=Nc2cc(Cl)ccc2O)ccc1OCc1ccccc1Cl. The Kier molecular flexibility index (Phi) is 6.22. The third-order valence-corrected chi connectivity index (χ3v) is 4.42. The molecule has 6 heteroatoms. The van der Waals surface area contributed by atoms with Crippen molar-refractivity contribution in [3.05, 3.63) is 81.8 Å². The maximum atomic E-state index is 9.83. The maximum Gasteiger partial charge on any atom is 0.161 e. The molecule has 27 heavy (non-hydrogen) atoms. The van der Waals surface area contributed by atoms with Crippen molar-refractivity contribution in [3.8, 4) is 17.2 Å². The van der Waals surface area contributed by atoms with Crippen LogP contribution < -0.4 is 9.47 Å². The summed E-state index contributed by atoms with van der Waals surface area (Å²) in [5.74, 6) is 1.23. The molecule has 0 aliphatic heterocycles. The number of phenols is 1. The van der Waals surface area contributed by atoms with Crippen LogP contribution in [-0.2, 0) is 6.61 Å². The minimum Gasteiger partial charge on any atom is -0.506 e. The first-order valence-corrected chi connectivity index (χ1v) is 8.89. The average Bonchev–Trinajstić information content (AvgIpc) is 2.68. The summed E-state index contributed by atoms with van der Waals surface area (Å²) >= 11 is 12.1. The van der Waals surface area contributed by atoms with Crippen molar-refractivity contribution in [1.29, 1.82) is 0 Å². The van der Waals surface area contributed by atoms with Crippen molar-refractivity contribution in [3.63, 3.8) is 0 Å². The van der Waals surface area contributed by atoms with Crippen LogP contribution in [0.1, 0.15) is 11.1 Å². The molecule has 0 unspecified atom stereocenters. The second-order valence-electron chi connectivity index (χ2n) is 5.68. The molecule has 3 aromatic rings. The predicted octanol–water partition coefficient (Wildman–Crippen LogP) is 6.04.